The molecule has 4 rings (SSSR count). The Morgan fingerprint density at radius 3 is 2.83 bits per heavy atom. The molecule has 0 bridgehead atoms. The standard InChI is InChI=1S/C16H17N5S2/c1-3-21-14(12-7-5-4-6-10(12)2)18-19-15(21)22-16-17-13(20-23-16)11-8-9-11/h4-7,11H,3,8-9H2,1-2H3. The van der Waals surface area contributed by atoms with Crippen LogP contribution < -0.4 is 0 Å². The zero-order valence-electron chi connectivity index (χ0n) is 13.1. The molecule has 0 saturated heterocycles. The molecule has 0 N–H and O–H groups in total. The third kappa shape index (κ3) is 2.90. The molecule has 0 amide bonds. The quantitative estimate of drug-likeness (QED) is 0.696. The third-order valence-electron chi connectivity index (χ3n) is 3.96. The van der Waals surface area contributed by atoms with E-state index in [1.807, 2.05) is 12.1 Å². The Balaban J connectivity index is 1.65. The summed E-state index contributed by atoms with van der Waals surface area (Å²) < 4.78 is 7.55. The van der Waals surface area contributed by atoms with Gasteiger partial charge in [-0.1, -0.05) is 24.3 Å². The van der Waals surface area contributed by atoms with Crippen molar-refractivity contribution >= 4 is 23.3 Å². The van der Waals surface area contributed by atoms with Gasteiger partial charge >= 0.3 is 0 Å². The van der Waals surface area contributed by atoms with E-state index in [1.54, 1.807) is 11.8 Å². The summed E-state index contributed by atoms with van der Waals surface area (Å²) >= 11 is 3.02. The monoisotopic (exact) mass is 343 g/mol. The van der Waals surface area contributed by atoms with Crippen molar-refractivity contribution in [1.82, 2.24) is 24.1 Å². The fourth-order valence-electron chi connectivity index (χ4n) is 2.52. The molecule has 23 heavy (non-hydrogen) atoms. The summed E-state index contributed by atoms with van der Waals surface area (Å²) in [6.45, 7) is 5.04. The molecule has 0 spiro atoms. The van der Waals surface area contributed by atoms with Gasteiger partial charge in [0.25, 0.3) is 0 Å². The van der Waals surface area contributed by atoms with Crippen LogP contribution in [0.5, 0.6) is 0 Å². The molecule has 1 aliphatic rings. The van der Waals surface area contributed by atoms with Gasteiger partial charge in [0.05, 0.1) is 0 Å². The van der Waals surface area contributed by atoms with E-state index in [4.69, 9.17) is 0 Å². The van der Waals surface area contributed by atoms with Gasteiger partial charge in [0.15, 0.2) is 15.3 Å². The highest BCUT2D eigenvalue weighted by molar-refractivity contribution is 8.00. The summed E-state index contributed by atoms with van der Waals surface area (Å²) in [5, 5.41) is 9.68. The molecule has 0 radical (unpaired) electrons. The summed E-state index contributed by atoms with van der Waals surface area (Å²) in [5.41, 5.74) is 2.34. The van der Waals surface area contributed by atoms with Crippen LogP contribution in [0.15, 0.2) is 33.8 Å². The molecule has 2 heterocycles. The summed E-state index contributed by atoms with van der Waals surface area (Å²) in [7, 11) is 0. The lowest BCUT2D eigenvalue weighted by Gasteiger charge is -2.08. The van der Waals surface area contributed by atoms with E-state index in [9.17, 15) is 0 Å². The average molecular weight is 343 g/mol. The van der Waals surface area contributed by atoms with E-state index in [0.717, 1.165) is 33.3 Å². The maximum Gasteiger partial charge on any atom is 0.198 e. The van der Waals surface area contributed by atoms with Crippen molar-refractivity contribution in [2.45, 2.75) is 48.6 Å². The van der Waals surface area contributed by atoms with E-state index in [1.165, 1.54) is 29.9 Å². The second kappa shape index (κ2) is 6.05. The highest BCUT2D eigenvalue weighted by Crippen LogP contribution is 2.40. The van der Waals surface area contributed by atoms with E-state index in [2.05, 4.69) is 50.1 Å². The SMILES string of the molecule is CCn1c(Sc2nc(C3CC3)ns2)nnc1-c1ccccc1C. The van der Waals surface area contributed by atoms with Crippen LogP contribution in [0.3, 0.4) is 0 Å². The number of hydrogen-bond donors (Lipinski definition) is 0. The van der Waals surface area contributed by atoms with Crippen LogP contribution >= 0.6 is 23.3 Å². The summed E-state index contributed by atoms with van der Waals surface area (Å²) in [6.07, 6.45) is 2.45. The Hall–Kier alpha value is -1.73. The molecule has 1 saturated carbocycles. The summed E-state index contributed by atoms with van der Waals surface area (Å²) in [5.74, 6) is 2.51. The fraction of sp³-hybridized carbons (Fsp3) is 0.375. The van der Waals surface area contributed by atoms with Crippen molar-refractivity contribution in [3.63, 3.8) is 0 Å². The molecule has 3 aromatic rings. The van der Waals surface area contributed by atoms with Crippen molar-refractivity contribution < 1.29 is 0 Å². The number of aromatic nitrogens is 5. The van der Waals surface area contributed by atoms with Crippen molar-refractivity contribution in [2.24, 2.45) is 0 Å². The van der Waals surface area contributed by atoms with Crippen LogP contribution in [0.4, 0.5) is 0 Å². The molecule has 0 atom stereocenters. The number of rotatable bonds is 5. The Morgan fingerprint density at radius 2 is 2.09 bits per heavy atom. The molecule has 0 aliphatic heterocycles. The van der Waals surface area contributed by atoms with Crippen molar-refractivity contribution in [2.75, 3.05) is 0 Å². The smallest absolute Gasteiger partial charge is 0.198 e. The molecule has 1 fully saturated rings. The van der Waals surface area contributed by atoms with Gasteiger partial charge in [-0.25, -0.2) is 4.98 Å². The molecule has 0 unspecified atom stereocenters. The molecule has 1 aliphatic carbocycles. The zero-order valence-corrected chi connectivity index (χ0v) is 14.7. The van der Waals surface area contributed by atoms with Crippen LogP contribution in [0.25, 0.3) is 11.4 Å². The topological polar surface area (TPSA) is 56.5 Å². The Kier molecular flexibility index (Phi) is 3.90. The first-order valence-corrected chi connectivity index (χ1v) is 9.36. The maximum atomic E-state index is 4.63. The van der Waals surface area contributed by atoms with Crippen LogP contribution in [0, 0.1) is 6.92 Å². The van der Waals surface area contributed by atoms with E-state index in [0.29, 0.717) is 5.92 Å². The van der Waals surface area contributed by atoms with Crippen LogP contribution in [-0.4, -0.2) is 24.1 Å². The third-order valence-corrected chi connectivity index (χ3v) is 5.71. The van der Waals surface area contributed by atoms with Crippen molar-refractivity contribution in [1.29, 1.82) is 0 Å². The van der Waals surface area contributed by atoms with Crippen molar-refractivity contribution in [3.8, 4) is 11.4 Å². The van der Waals surface area contributed by atoms with Crippen LogP contribution in [-0.2, 0) is 6.54 Å². The molecule has 118 valence electrons. The largest absolute Gasteiger partial charge is 0.302 e. The maximum absolute atomic E-state index is 4.63. The van der Waals surface area contributed by atoms with E-state index < -0.39 is 0 Å². The Morgan fingerprint density at radius 1 is 1.26 bits per heavy atom. The Bertz CT molecular complexity index is 835. The minimum Gasteiger partial charge on any atom is -0.302 e. The lowest BCUT2D eigenvalue weighted by atomic mass is 10.1. The second-order valence-electron chi connectivity index (χ2n) is 5.66. The highest BCUT2D eigenvalue weighted by Gasteiger charge is 2.28. The van der Waals surface area contributed by atoms with Crippen LogP contribution in [0.1, 0.15) is 37.1 Å². The zero-order chi connectivity index (χ0) is 15.8. The molecule has 7 heteroatoms. The molecule has 5 nitrogen and oxygen atoms in total. The molecular weight excluding hydrogens is 326 g/mol. The van der Waals surface area contributed by atoms with Gasteiger partial charge in [-0.3, -0.25) is 0 Å². The number of hydrogen-bond acceptors (Lipinski definition) is 6. The van der Waals surface area contributed by atoms with Crippen LogP contribution in [0.2, 0.25) is 0 Å². The Labute approximate surface area is 143 Å². The first kappa shape index (κ1) is 14.8. The minimum absolute atomic E-state index is 0.590. The van der Waals surface area contributed by atoms with Gasteiger partial charge in [0.1, 0.15) is 5.82 Å². The van der Waals surface area contributed by atoms with Gasteiger partial charge in [-0.15, -0.1) is 10.2 Å². The van der Waals surface area contributed by atoms with Gasteiger partial charge < -0.3 is 4.57 Å². The average Bonchev–Trinajstić information content (AvgIpc) is 3.18. The summed E-state index contributed by atoms with van der Waals surface area (Å²) in [4.78, 5) is 4.63. The fourth-order valence-corrected chi connectivity index (χ4v) is 4.20. The summed E-state index contributed by atoms with van der Waals surface area (Å²) in [6, 6.07) is 8.28. The lowest BCUT2D eigenvalue weighted by Crippen LogP contribution is -2.00. The van der Waals surface area contributed by atoms with E-state index in [-0.39, 0.29) is 0 Å². The molecular formula is C16H17N5S2. The highest BCUT2D eigenvalue weighted by atomic mass is 32.2. The first-order chi connectivity index (χ1) is 11.3. The molecule has 2 aromatic heterocycles. The second-order valence-corrected chi connectivity index (χ2v) is 7.63. The van der Waals surface area contributed by atoms with Gasteiger partial charge in [0.2, 0.25) is 0 Å². The predicted octanol–water partition coefficient (Wildman–Crippen LogP) is 4.15. The predicted molar refractivity (Wildman–Crippen MR) is 91.9 cm³/mol. The van der Waals surface area contributed by atoms with Gasteiger partial charge in [0, 0.05) is 18.0 Å². The molecule has 1 aromatic carbocycles. The van der Waals surface area contributed by atoms with E-state index >= 15 is 0 Å². The van der Waals surface area contributed by atoms with Gasteiger partial charge in [-0.05, 0) is 55.5 Å². The minimum atomic E-state index is 0.590. The first-order valence-electron chi connectivity index (χ1n) is 7.77. The normalized spacial score (nSPS) is 14.3. The van der Waals surface area contributed by atoms with Crippen molar-refractivity contribution in [3.05, 3.63) is 35.7 Å². The lowest BCUT2D eigenvalue weighted by molar-refractivity contribution is 0.687. The van der Waals surface area contributed by atoms with Gasteiger partial charge in [-0.2, -0.15) is 4.37 Å². The number of nitrogens with zero attached hydrogens (tertiary/aromatic N) is 5. The number of benzene rings is 1. The number of aryl methyl sites for hydroxylation is 1.